The van der Waals surface area contributed by atoms with Crippen molar-refractivity contribution < 1.29 is 8.42 Å². The third-order valence-corrected chi connectivity index (χ3v) is 4.57. The monoisotopic (exact) mass is 304 g/mol. The molecule has 4 nitrogen and oxygen atoms in total. The molecule has 0 saturated carbocycles. The van der Waals surface area contributed by atoms with Gasteiger partial charge in [0.15, 0.2) is 0 Å². The lowest BCUT2D eigenvalue weighted by Crippen LogP contribution is -2.14. The van der Waals surface area contributed by atoms with Crippen LogP contribution in [-0.4, -0.2) is 8.42 Å². The number of benzene rings is 2. The Labute approximate surface area is 126 Å². The molecule has 5 heteroatoms. The fourth-order valence-electron chi connectivity index (χ4n) is 2.18. The van der Waals surface area contributed by atoms with Crippen LogP contribution in [0.4, 0.5) is 5.69 Å². The number of anilines is 1. The Bertz CT molecular complexity index is 755. The van der Waals surface area contributed by atoms with E-state index in [2.05, 4.69) is 25.2 Å². The summed E-state index contributed by atoms with van der Waals surface area (Å²) in [7, 11) is -3.67. The predicted octanol–water partition coefficient (Wildman–Crippen LogP) is 3.12. The Morgan fingerprint density at radius 3 is 2.43 bits per heavy atom. The van der Waals surface area contributed by atoms with Crippen molar-refractivity contribution in [3.63, 3.8) is 0 Å². The Hall–Kier alpha value is -1.85. The summed E-state index contributed by atoms with van der Waals surface area (Å²) in [6.07, 6.45) is 0. The number of hydrogen-bond donors (Lipinski definition) is 2. The number of aryl methyl sites for hydroxylation is 1. The van der Waals surface area contributed by atoms with Gasteiger partial charge < -0.3 is 5.32 Å². The molecule has 0 heterocycles. The van der Waals surface area contributed by atoms with Gasteiger partial charge in [-0.25, -0.2) is 13.6 Å². The zero-order chi connectivity index (χ0) is 15.6. The van der Waals surface area contributed by atoms with E-state index in [-0.39, 0.29) is 10.9 Å². The lowest BCUT2D eigenvalue weighted by Gasteiger charge is -2.19. The molecule has 0 aliphatic carbocycles. The van der Waals surface area contributed by atoms with Crippen LogP contribution in [0.1, 0.15) is 29.7 Å². The van der Waals surface area contributed by atoms with Crippen LogP contribution in [-0.2, 0) is 10.0 Å². The highest BCUT2D eigenvalue weighted by molar-refractivity contribution is 7.89. The summed E-state index contributed by atoms with van der Waals surface area (Å²) in [4.78, 5) is 0.134. The van der Waals surface area contributed by atoms with Crippen molar-refractivity contribution >= 4 is 15.7 Å². The molecule has 0 aliphatic rings. The molecule has 1 atom stereocenters. The minimum atomic E-state index is -3.67. The Balaban J connectivity index is 2.29. The van der Waals surface area contributed by atoms with E-state index in [1.165, 1.54) is 17.2 Å². The molecule has 2 rings (SSSR count). The molecule has 3 N–H and O–H groups in total. The highest BCUT2D eigenvalue weighted by atomic mass is 32.2. The highest BCUT2D eigenvalue weighted by Crippen LogP contribution is 2.25. The number of nitrogens with one attached hydrogen (secondary N) is 1. The van der Waals surface area contributed by atoms with E-state index >= 15 is 0 Å². The first-order valence-electron chi connectivity index (χ1n) is 6.74. The van der Waals surface area contributed by atoms with Crippen molar-refractivity contribution in [1.29, 1.82) is 0 Å². The van der Waals surface area contributed by atoms with Gasteiger partial charge in [0, 0.05) is 11.7 Å². The minimum absolute atomic E-state index is 0.0211. The third kappa shape index (κ3) is 3.62. The molecule has 1 unspecified atom stereocenters. The van der Waals surface area contributed by atoms with E-state index in [9.17, 15) is 8.42 Å². The third-order valence-electron chi connectivity index (χ3n) is 3.66. The molecule has 0 spiro atoms. The first-order valence-corrected chi connectivity index (χ1v) is 8.29. The maximum absolute atomic E-state index is 11.4. The molecule has 0 saturated heterocycles. The highest BCUT2D eigenvalue weighted by Gasteiger charge is 2.12. The summed E-state index contributed by atoms with van der Waals surface area (Å²) in [6.45, 7) is 6.11. The van der Waals surface area contributed by atoms with Crippen LogP contribution in [0, 0.1) is 13.8 Å². The summed E-state index contributed by atoms with van der Waals surface area (Å²) in [5.41, 5.74) is 4.32. The van der Waals surface area contributed by atoms with E-state index in [1.54, 1.807) is 12.1 Å². The van der Waals surface area contributed by atoms with Crippen LogP contribution in [0.5, 0.6) is 0 Å². The van der Waals surface area contributed by atoms with Crippen molar-refractivity contribution in [3.05, 3.63) is 59.2 Å². The van der Waals surface area contributed by atoms with Gasteiger partial charge >= 0.3 is 0 Å². The molecule has 0 bridgehead atoms. The fraction of sp³-hybridized carbons (Fsp3) is 0.250. The largest absolute Gasteiger partial charge is 0.378 e. The summed E-state index contributed by atoms with van der Waals surface area (Å²) in [5.74, 6) is 0. The van der Waals surface area contributed by atoms with Gasteiger partial charge in [-0.1, -0.05) is 24.3 Å². The molecule has 0 aliphatic heterocycles. The summed E-state index contributed by atoms with van der Waals surface area (Å²) >= 11 is 0. The Morgan fingerprint density at radius 2 is 1.76 bits per heavy atom. The summed E-state index contributed by atoms with van der Waals surface area (Å²) in [6, 6.07) is 12.8. The second kappa shape index (κ2) is 5.87. The summed E-state index contributed by atoms with van der Waals surface area (Å²) in [5, 5.41) is 8.58. The second-order valence-electron chi connectivity index (χ2n) is 5.23. The molecule has 112 valence electrons. The van der Waals surface area contributed by atoms with Gasteiger partial charge in [0.2, 0.25) is 10.0 Å². The fourth-order valence-corrected chi connectivity index (χ4v) is 2.75. The van der Waals surface area contributed by atoms with E-state index in [0.29, 0.717) is 0 Å². The van der Waals surface area contributed by atoms with E-state index < -0.39 is 10.0 Å². The van der Waals surface area contributed by atoms with Gasteiger partial charge in [-0.05, 0) is 55.7 Å². The van der Waals surface area contributed by atoms with Crippen molar-refractivity contribution in [2.75, 3.05) is 5.32 Å². The van der Waals surface area contributed by atoms with E-state index in [0.717, 1.165) is 11.3 Å². The molecule has 0 radical (unpaired) electrons. The molecular formula is C16H20N2O2S. The molecule has 0 fully saturated rings. The molecule has 0 amide bonds. The van der Waals surface area contributed by atoms with E-state index in [1.807, 2.05) is 25.1 Å². The minimum Gasteiger partial charge on any atom is -0.378 e. The standard InChI is InChI=1S/C16H20N2O2S/c1-11-6-4-9-16(12(11)2)18-13(3)14-7-5-8-15(10-14)21(17,19)20/h4-10,13,18H,1-3H3,(H2,17,19,20). The maximum atomic E-state index is 11.4. The van der Waals surface area contributed by atoms with Crippen LogP contribution in [0.2, 0.25) is 0 Å². The SMILES string of the molecule is Cc1cccc(NC(C)c2cccc(S(N)(=O)=O)c2)c1C. The zero-order valence-corrected chi connectivity index (χ0v) is 13.2. The van der Waals surface area contributed by atoms with Crippen LogP contribution >= 0.6 is 0 Å². The summed E-state index contributed by atoms with van der Waals surface area (Å²) < 4.78 is 22.8. The van der Waals surface area contributed by atoms with Gasteiger partial charge in [0.1, 0.15) is 0 Å². The molecule has 2 aromatic rings. The first-order chi connectivity index (χ1) is 9.79. The van der Waals surface area contributed by atoms with Crippen molar-refractivity contribution in [3.8, 4) is 0 Å². The topological polar surface area (TPSA) is 72.2 Å². The van der Waals surface area contributed by atoms with Crippen LogP contribution in [0.15, 0.2) is 47.4 Å². The van der Waals surface area contributed by atoms with E-state index in [4.69, 9.17) is 5.14 Å². The van der Waals surface area contributed by atoms with Crippen LogP contribution < -0.4 is 10.5 Å². The van der Waals surface area contributed by atoms with Crippen molar-refractivity contribution in [2.45, 2.75) is 31.7 Å². The van der Waals surface area contributed by atoms with Gasteiger partial charge in [0.25, 0.3) is 0 Å². The Morgan fingerprint density at radius 1 is 1.10 bits per heavy atom. The predicted molar refractivity (Wildman–Crippen MR) is 85.8 cm³/mol. The van der Waals surface area contributed by atoms with Gasteiger partial charge in [0.05, 0.1) is 4.90 Å². The average Bonchev–Trinajstić information content (AvgIpc) is 2.43. The van der Waals surface area contributed by atoms with Crippen LogP contribution in [0.3, 0.4) is 0 Å². The lowest BCUT2D eigenvalue weighted by atomic mass is 10.1. The molecule has 0 aromatic heterocycles. The normalized spacial score (nSPS) is 13.0. The molecule has 2 aromatic carbocycles. The van der Waals surface area contributed by atoms with Crippen LogP contribution in [0.25, 0.3) is 0 Å². The van der Waals surface area contributed by atoms with Gasteiger partial charge in [-0.3, -0.25) is 0 Å². The number of nitrogens with two attached hydrogens (primary N) is 1. The quantitative estimate of drug-likeness (QED) is 0.911. The Kier molecular flexibility index (Phi) is 4.34. The number of rotatable bonds is 4. The second-order valence-corrected chi connectivity index (χ2v) is 6.79. The molecular weight excluding hydrogens is 284 g/mol. The number of primary sulfonamides is 1. The van der Waals surface area contributed by atoms with Crippen molar-refractivity contribution in [1.82, 2.24) is 0 Å². The number of sulfonamides is 1. The van der Waals surface area contributed by atoms with Crippen molar-refractivity contribution in [2.24, 2.45) is 5.14 Å². The smallest absolute Gasteiger partial charge is 0.238 e. The maximum Gasteiger partial charge on any atom is 0.238 e. The number of hydrogen-bond acceptors (Lipinski definition) is 3. The first kappa shape index (κ1) is 15.5. The lowest BCUT2D eigenvalue weighted by molar-refractivity contribution is 0.597. The zero-order valence-electron chi connectivity index (χ0n) is 12.4. The molecule has 21 heavy (non-hydrogen) atoms. The average molecular weight is 304 g/mol. The van der Waals surface area contributed by atoms with Gasteiger partial charge in [-0.15, -0.1) is 0 Å². The van der Waals surface area contributed by atoms with Gasteiger partial charge in [-0.2, -0.15) is 0 Å².